The molecule has 0 saturated carbocycles. The van der Waals surface area contributed by atoms with Gasteiger partial charge in [-0.15, -0.1) is 0 Å². The molecule has 0 aromatic heterocycles. The number of rotatable bonds is 6. The van der Waals surface area contributed by atoms with Crippen molar-refractivity contribution in [3.63, 3.8) is 0 Å². The van der Waals surface area contributed by atoms with Crippen LogP contribution in [0.2, 0.25) is 0 Å². The highest BCUT2D eigenvalue weighted by Crippen LogP contribution is 2.23. The first-order chi connectivity index (χ1) is 12.1. The summed E-state index contributed by atoms with van der Waals surface area (Å²) in [5.74, 6) is 1.86. The van der Waals surface area contributed by atoms with E-state index in [0.717, 1.165) is 58.0 Å². The normalized spacial score (nSPS) is 25.3. The summed E-state index contributed by atoms with van der Waals surface area (Å²) in [5, 5.41) is 0. The standard InChI is InChI=1S/C20H31N3O2/c1-17-15-21(9-6-14-25-19-7-4-3-5-8-19)16-20(17)23-12-10-22(11-13-23)18(2)24/h3-5,7-8,17,20H,6,9-16H2,1-2H3. The molecule has 0 spiro atoms. The summed E-state index contributed by atoms with van der Waals surface area (Å²) < 4.78 is 5.80. The number of para-hydroxylation sites is 1. The van der Waals surface area contributed by atoms with Crippen LogP contribution in [-0.2, 0) is 4.79 Å². The fourth-order valence-corrected chi connectivity index (χ4v) is 4.07. The van der Waals surface area contributed by atoms with E-state index in [-0.39, 0.29) is 5.91 Å². The first-order valence-electron chi connectivity index (χ1n) is 9.53. The summed E-state index contributed by atoms with van der Waals surface area (Å²) in [6.07, 6.45) is 1.06. The predicted molar refractivity (Wildman–Crippen MR) is 99.8 cm³/mol. The molecular formula is C20H31N3O2. The lowest BCUT2D eigenvalue weighted by Gasteiger charge is -2.39. The van der Waals surface area contributed by atoms with Gasteiger partial charge in [-0.3, -0.25) is 9.69 Å². The number of hydrogen-bond donors (Lipinski definition) is 0. The minimum absolute atomic E-state index is 0.208. The van der Waals surface area contributed by atoms with E-state index < -0.39 is 0 Å². The molecule has 3 rings (SSSR count). The van der Waals surface area contributed by atoms with Gasteiger partial charge in [0.25, 0.3) is 0 Å². The van der Waals surface area contributed by atoms with Gasteiger partial charge in [-0.05, 0) is 24.5 Å². The highest BCUT2D eigenvalue weighted by atomic mass is 16.5. The van der Waals surface area contributed by atoms with E-state index in [1.165, 1.54) is 6.54 Å². The Bertz CT molecular complexity index is 543. The Labute approximate surface area is 151 Å². The van der Waals surface area contributed by atoms with Gasteiger partial charge in [-0.1, -0.05) is 25.1 Å². The number of hydrogen-bond acceptors (Lipinski definition) is 4. The van der Waals surface area contributed by atoms with E-state index >= 15 is 0 Å². The Morgan fingerprint density at radius 1 is 1.12 bits per heavy atom. The molecule has 25 heavy (non-hydrogen) atoms. The van der Waals surface area contributed by atoms with Crippen LogP contribution in [0.1, 0.15) is 20.3 Å². The summed E-state index contributed by atoms with van der Waals surface area (Å²) in [7, 11) is 0. The van der Waals surface area contributed by atoms with Gasteiger partial charge in [-0.25, -0.2) is 0 Å². The second-order valence-corrected chi connectivity index (χ2v) is 7.36. The molecule has 2 aliphatic rings. The molecule has 5 heteroatoms. The lowest BCUT2D eigenvalue weighted by Crippen LogP contribution is -2.53. The number of nitrogens with zero attached hydrogens (tertiary/aromatic N) is 3. The summed E-state index contributed by atoms with van der Waals surface area (Å²) in [6, 6.07) is 10.7. The highest BCUT2D eigenvalue weighted by Gasteiger charge is 2.35. The van der Waals surface area contributed by atoms with E-state index in [2.05, 4.69) is 16.7 Å². The summed E-state index contributed by atoms with van der Waals surface area (Å²) >= 11 is 0. The number of carbonyl (C=O) groups excluding carboxylic acids is 1. The summed E-state index contributed by atoms with van der Waals surface area (Å²) in [5.41, 5.74) is 0. The molecule has 2 saturated heterocycles. The van der Waals surface area contributed by atoms with E-state index in [0.29, 0.717) is 12.0 Å². The molecule has 0 bridgehead atoms. The minimum atomic E-state index is 0.208. The smallest absolute Gasteiger partial charge is 0.219 e. The molecule has 0 aliphatic carbocycles. The van der Waals surface area contributed by atoms with Crippen LogP contribution < -0.4 is 4.74 Å². The lowest BCUT2D eigenvalue weighted by molar-refractivity contribution is -0.130. The SMILES string of the molecule is CC(=O)N1CCN(C2CN(CCCOc3ccccc3)CC2C)CC1. The molecule has 5 nitrogen and oxygen atoms in total. The molecule has 1 amide bonds. The van der Waals surface area contributed by atoms with Crippen LogP contribution >= 0.6 is 0 Å². The van der Waals surface area contributed by atoms with Crippen LogP contribution in [0.25, 0.3) is 0 Å². The van der Waals surface area contributed by atoms with Crippen LogP contribution in [0.5, 0.6) is 5.75 Å². The third kappa shape index (κ3) is 4.95. The van der Waals surface area contributed by atoms with Crippen LogP contribution in [-0.4, -0.2) is 79.1 Å². The third-order valence-corrected chi connectivity index (χ3v) is 5.51. The molecule has 2 aliphatic heterocycles. The van der Waals surface area contributed by atoms with Gasteiger partial charge in [0.05, 0.1) is 6.61 Å². The first kappa shape index (κ1) is 18.2. The second-order valence-electron chi connectivity index (χ2n) is 7.36. The van der Waals surface area contributed by atoms with Crippen molar-refractivity contribution < 1.29 is 9.53 Å². The van der Waals surface area contributed by atoms with Crippen molar-refractivity contribution in [2.24, 2.45) is 5.92 Å². The van der Waals surface area contributed by atoms with E-state index in [1.54, 1.807) is 6.92 Å². The number of amides is 1. The van der Waals surface area contributed by atoms with Gasteiger partial charge in [0.1, 0.15) is 5.75 Å². The van der Waals surface area contributed by atoms with Crippen LogP contribution in [0.4, 0.5) is 0 Å². The number of likely N-dealkylation sites (tertiary alicyclic amines) is 1. The Morgan fingerprint density at radius 2 is 1.84 bits per heavy atom. The minimum Gasteiger partial charge on any atom is -0.494 e. The zero-order valence-corrected chi connectivity index (χ0v) is 15.6. The van der Waals surface area contributed by atoms with Crippen molar-refractivity contribution >= 4 is 5.91 Å². The largest absolute Gasteiger partial charge is 0.494 e. The lowest BCUT2D eigenvalue weighted by atomic mass is 10.0. The van der Waals surface area contributed by atoms with Crippen molar-refractivity contribution in [2.45, 2.75) is 26.3 Å². The quantitative estimate of drug-likeness (QED) is 0.738. The molecule has 2 fully saturated rings. The van der Waals surface area contributed by atoms with Gasteiger partial charge in [0.2, 0.25) is 5.91 Å². The molecule has 2 atom stereocenters. The predicted octanol–water partition coefficient (Wildman–Crippen LogP) is 1.94. The van der Waals surface area contributed by atoms with Crippen molar-refractivity contribution in [2.75, 3.05) is 52.4 Å². The Balaban J connectivity index is 1.37. The van der Waals surface area contributed by atoms with Gasteiger partial charge >= 0.3 is 0 Å². The van der Waals surface area contributed by atoms with Crippen molar-refractivity contribution in [3.8, 4) is 5.75 Å². The Hall–Kier alpha value is -1.59. The van der Waals surface area contributed by atoms with Crippen molar-refractivity contribution in [3.05, 3.63) is 30.3 Å². The second kappa shape index (κ2) is 8.68. The molecule has 0 N–H and O–H groups in total. The zero-order chi connectivity index (χ0) is 17.6. The highest BCUT2D eigenvalue weighted by molar-refractivity contribution is 5.73. The zero-order valence-electron chi connectivity index (χ0n) is 15.6. The average molecular weight is 345 g/mol. The summed E-state index contributed by atoms with van der Waals surface area (Å²) in [4.78, 5) is 18.6. The van der Waals surface area contributed by atoms with Crippen molar-refractivity contribution in [1.82, 2.24) is 14.7 Å². The van der Waals surface area contributed by atoms with Gasteiger partial charge < -0.3 is 14.5 Å². The van der Waals surface area contributed by atoms with Crippen LogP contribution in [0.3, 0.4) is 0 Å². The van der Waals surface area contributed by atoms with Crippen LogP contribution in [0, 0.1) is 5.92 Å². The molecule has 0 radical (unpaired) electrons. The maximum absolute atomic E-state index is 11.5. The van der Waals surface area contributed by atoms with E-state index in [4.69, 9.17) is 4.74 Å². The molecule has 2 unspecified atom stereocenters. The molecule has 1 aromatic carbocycles. The van der Waals surface area contributed by atoms with E-state index in [9.17, 15) is 4.79 Å². The Morgan fingerprint density at radius 3 is 2.52 bits per heavy atom. The maximum atomic E-state index is 11.5. The molecular weight excluding hydrogens is 314 g/mol. The van der Waals surface area contributed by atoms with Gasteiger partial charge in [-0.2, -0.15) is 0 Å². The fraction of sp³-hybridized carbons (Fsp3) is 0.650. The average Bonchev–Trinajstić information content (AvgIpc) is 3.00. The fourth-order valence-electron chi connectivity index (χ4n) is 4.07. The van der Waals surface area contributed by atoms with E-state index in [1.807, 2.05) is 35.2 Å². The molecule has 138 valence electrons. The maximum Gasteiger partial charge on any atom is 0.219 e. The van der Waals surface area contributed by atoms with Crippen LogP contribution in [0.15, 0.2) is 30.3 Å². The monoisotopic (exact) mass is 345 g/mol. The number of benzene rings is 1. The Kier molecular flexibility index (Phi) is 6.32. The first-order valence-corrected chi connectivity index (χ1v) is 9.53. The summed E-state index contributed by atoms with van der Waals surface area (Å²) in [6.45, 7) is 12.0. The van der Waals surface area contributed by atoms with Crippen molar-refractivity contribution in [1.29, 1.82) is 0 Å². The molecule has 1 aromatic rings. The van der Waals surface area contributed by atoms with Gasteiger partial charge in [0, 0.05) is 58.8 Å². The number of carbonyl (C=O) groups is 1. The third-order valence-electron chi connectivity index (χ3n) is 5.51. The number of piperazine rings is 1. The topological polar surface area (TPSA) is 36.0 Å². The number of ether oxygens (including phenoxy) is 1. The molecule has 2 heterocycles. The van der Waals surface area contributed by atoms with Gasteiger partial charge in [0.15, 0.2) is 0 Å².